The molecule has 0 bridgehead atoms. The van der Waals surface area contributed by atoms with Crippen molar-refractivity contribution in [2.75, 3.05) is 24.3 Å². The summed E-state index contributed by atoms with van der Waals surface area (Å²) in [6.07, 6.45) is 1.04. The van der Waals surface area contributed by atoms with E-state index < -0.39 is 11.9 Å². The number of carbonyl (C=O) groups excluding carboxylic acids is 1. The molecule has 0 spiro atoms. The van der Waals surface area contributed by atoms with Crippen molar-refractivity contribution < 1.29 is 19.1 Å². The Morgan fingerprint density at radius 3 is 2.55 bits per heavy atom. The zero-order valence-corrected chi connectivity index (χ0v) is 11.1. The Hall–Kier alpha value is -2.76. The molecule has 2 aromatic rings. The molecule has 0 fully saturated rings. The van der Waals surface area contributed by atoms with Crippen molar-refractivity contribution in [3.63, 3.8) is 0 Å². The van der Waals surface area contributed by atoms with E-state index in [1.54, 1.807) is 12.1 Å². The van der Waals surface area contributed by atoms with Gasteiger partial charge >= 0.3 is 5.97 Å². The standard InChI is InChI=1S/C14H14N2O4/c1-16(2)11-6-4-3-5-10(11)15-13(17)12-7-9(8-20-12)14(18)19/h3-8H,1-2H3,(H,15,17)(H,18,19). The minimum absolute atomic E-state index is 0.0454. The summed E-state index contributed by atoms with van der Waals surface area (Å²) in [6.45, 7) is 0. The number of nitrogens with zero attached hydrogens (tertiary/aromatic N) is 1. The van der Waals surface area contributed by atoms with Gasteiger partial charge in [0.25, 0.3) is 5.91 Å². The van der Waals surface area contributed by atoms with Gasteiger partial charge in [-0.2, -0.15) is 0 Å². The number of para-hydroxylation sites is 2. The Labute approximate surface area is 115 Å². The highest BCUT2D eigenvalue weighted by molar-refractivity contribution is 6.05. The van der Waals surface area contributed by atoms with Crippen LogP contribution in [0.15, 0.2) is 41.0 Å². The predicted molar refractivity (Wildman–Crippen MR) is 74.4 cm³/mol. The molecule has 0 atom stereocenters. The number of nitrogens with one attached hydrogen (secondary N) is 1. The molecular weight excluding hydrogens is 260 g/mol. The number of carbonyl (C=O) groups is 2. The fourth-order valence-electron chi connectivity index (χ4n) is 1.72. The van der Waals surface area contributed by atoms with E-state index in [2.05, 4.69) is 5.32 Å². The summed E-state index contributed by atoms with van der Waals surface area (Å²) in [6, 6.07) is 8.47. The third-order valence-electron chi connectivity index (χ3n) is 2.70. The van der Waals surface area contributed by atoms with Gasteiger partial charge in [0, 0.05) is 20.2 Å². The summed E-state index contributed by atoms with van der Waals surface area (Å²) < 4.78 is 4.95. The summed E-state index contributed by atoms with van der Waals surface area (Å²) in [4.78, 5) is 24.6. The first kappa shape index (κ1) is 13.7. The molecule has 104 valence electrons. The smallest absolute Gasteiger partial charge is 0.338 e. The summed E-state index contributed by atoms with van der Waals surface area (Å²) >= 11 is 0. The first-order chi connectivity index (χ1) is 9.49. The molecule has 0 aliphatic rings. The van der Waals surface area contributed by atoms with E-state index >= 15 is 0 Å². The minimum atomic E-state index is -1.14. The van der Waals surface area contributed by atoms with Crippen LogP contribution in [-0.2, 0) is 0 Å². The topological polar surface area (TPSA) is 82.8 Å². The molecule has 6 heteroatoms. The van der Waals surface area contributed by atoms with Crippen LogP contribution in [0.2, 0.25) is 0 Å². The van der Waals surface area contributed by atoms with E-state index in [1.165, 1.54) is 6.07 Å². The Morgan fingerprint density at radius 1 is 1.25 bits per heavy atom. The average Bonchev–Trinajstić information content (AvgIpc) is 2.89. The largest absolute Gasteiger partial charge is 0.478 e. The predicted octanol–water partition coefficient (Wildman–Crippen LogP) is 2.30. The fraction of sp³-hybridized carbons (Fsp3) is 0.143. The number of aromatic carboxylic acids is 1. The van der Waals surface area contributed by atoms with Crippen molar-refractivity contribution in [3.8, 4) is 0 Å². The normalized spacial score (nSPS) is 10.1. The Morgan fingerprint density at radius 2 is 1.95 bits per heavy atom. The lowest BCUT2D eigenvalue weighted by Gasteiger charge is -2.17. The van der Waals surface area contributed by atoms with E-state index in [0.717, 1.165) is 12.0 Å². The van der Waals surface area contributed by atoms with Gasteiger partial charge in [0.05, 0.1) is 16.9 Å². The van der Waals surface area contributed by atoms with E-state index in [-0.39, 0.29) is 11.3 Å². The zero-order chi connectivity index (χ0) is 14.7. The second-order valence-corrected chi connectivity index (χ2v) is 4.37. The second-order valence-electron chi connectivity index (χ2n) is 4.37. The first-order valence-corrected chi connectivity index (χ1v) is 5.88. The summed E-state index contributed by atoms with van der Waals surface area (Å²) in [7, 11) is 3.72. The van der Waals surface area contributed by atoms with Crippen LogP contribution in [0.4, 0.5) is 11.4 Å². The number of anilines is 2. The SMILES string of the molecule is CN(C)c1ccccc1NC(=O)c1cc(C(=O)O)co1. The van der Waals surface area contributed by atoms with E-state index in [9.17, 15) is 9.59 Å². The van der Waals surface area contributed by atoms with Crippen LogP contribution < -0.4 is 10.2 Å². The lowest BCUT2D eigenvalue weighted by atomic mass is 10.2. The van der Waals surface area contributed by atoms with Crippen LogP contribution in [-0.4, -0.2) is 31.1 Å². The number of furan rings is 1. The molecule has 6 nitrogen and oxygen atoms in total. The van der Waals surface area contributed by atoms with Crippen molar-refractivity contribution in [1.29, 1.82) is 0 Å². The van der Waals surface area contributed by atoms with Gasteiger partial charge in [0.2, 0.25) is 0 Å². The molecule has 0 aliphatic heterocycles. The molecule has 1 aromatic carbocycles. The fourth-order valence-corrected chi connectivity index (χ4v) is 1.72. The highest BCUT2D eigenvalue weighted by atomic mass is 16.4. The number of amides is 1. The Balaban J connectivity index is 2.21. The molecule has 1 heterocycles. The lowest BCUT2D eigenvalue weighted by molar-refractivity contribution is 0.0696. The van der Waals surface area contributed by atoms with Crippen LogP contribution in [0.3, 0.4) is 0 Å². The lowest BCUT2D eigenvalue weighted by Crippen LogP contribution is -2.16. The Bertz CT molecular complexity index is 646. The van der Waals surface area contributed by atoms with Gasteiger partial charge in [-0.05, 0) is 12.1 Å². The minimum Gasteiger partial charge on any atom is -0.478 e. The van der Waals surface area contributed by atoms with Gasteiger partial charge in [-0.15, -0.1) is 0 Å². The van der Waals surface area contributed by atoms with Gasteiger partial charge in [0.1, 0.15) is 6.26 Å². The second kappa shape index (κ2) is 5.48. The van der Waals surface area contributed by atoms with Crippen molar-refractivity contribution in [2.45, 2.75) is 0 Å². The average molecular weight is 274 g/mol. The van der Waals surface area contributed by atoms with Gasteiger partial charge in [-0.25, -0.2) is 4.79 Å². The van der Waals surface area contributed by atoms with Crippen LogP contribution in [0, 0.1) is 0 Å². The Kier molecular flexibility index (Phi) is 3.74. The van der Waals surface area contributed by atoms with E-state index in [0.29, 0.717) is 5.69 Å². The number of benzene rings is 1. The molecule has 2 N–H and O–H groups in total. The molecule has 0 saturated carbocycles. The van der Waals surface area contributed by atoms with Crippen LogP contribution in [0.5, 0.6) is 0 Å². The maximum atomic E-state index is 12.0. The third-order valence-corrected chi connectivity index (χ3v) is 2.70. The van der Waals surface area contributed by atoms with Crippen molar-refractivity contribution in [2.24, 2.45) is 0 Å². The molecular formula is C14H14N2O4. The quantitative estimate of drug-likeness (QED) is 0.893. The highest BCUT2D eigenvalue weighted by Crippen LogP contribution is 2.24. The first-order valence-electron chi connectivity index (χ1n) is 5.88. The van der Waals surface area contributed by atoms with Gasteiger partial charge in [0.15, 0.2) is 5.76 Å². The summed E-state index contributed by atoms with van der Waals surface area (Å²) in [5, 5.41) is 11.5. The molecule has 20 heavy (non-hydrogen) atoms. The van der Waals surface area contributed by atoms with Crippen LogP contribution in [0.25, 0.3) is 0 Å². The van der Waals surface area contributed by atoms with Crippen molar-refractivity contribution >= 4 is 23.3 Å². The number of carboxylic acid groups (broad SMARTS) is 1. The van der Waals surface area contributed by atoms with E-state index in [4.69, 9.17) is 9.52 Å². The van der Waals surface area contributed by atoms with E-state index in [1.807, 2.05) is 31.1 Å². The number of hydrogen-bond donors (Lipinski definition) is 2. The molecule has 2 rings (SSSR count). The maximum Gasteiger partial charge on any atom is 0.338 e. The molecule has 0 aliphatic carbocycles. The molecule has 0 saturated heterocycles. The molecule has 1 amide bonds. The van der Waals surface area contributed by atoms with Crippen LogP contribution >= 0.6 is 0 Å². The van der Waals surface area contributed by atoms with Crippen LogP contribution in [0.1, 0.15) is 20.9 Å². The molecule has 1 aromatic heterocycles. The number of hydrogen-bond acceptors (Lipinski definition) is 4. The molecule has 0 radical (unpaired) electrons. The van der Waals surface area contributed by atoms with Crippen molar-refractivity contribution in [1.82, 2.24) is 0 Å². The highest BCUT2D eigenvalue weighted by Gasteiger charge is 2.16. The van der Waals surface area contributed by atoms with Gasteiger partial charge in [-0.3, -0.25) is 4.79 Å². The van der Waals surface area contributed by atoms with Gasteiger partial charge < -0.3 is 19.7 Å². The maximum absolute atomic E-state index is 12.0. The number of rotatable bonds is 4. The number of carboxylic acids is 1. The summed E-state index contributed by atoms with van der Waals surface area (Å²) in [5.74, 6) is -1.68. The van der Waals surface area contributed by atoms with Gasteiger partial charge in [-0.1, -0.05) is 12.1 Å². The third kappa shape index (κ3) is 2.80. The zero-order valence-electron chi connectivity index (χ0n) is 11.1. The van der Waals surface area contributed by atoms with Crippen molar-refractivity contribution in [3.05, 3.63) is 47.9 Å². The molecule has 0 unspecified atom stereocenters. The monoisotopic (exact) mass is 274 g/mol. The summed E-state index contributed by atoms with van der Waals surface area (Å²) in [5.41, 5.74) is 1.40.